The minimum Gasteiger partial charge on any atom is -0.342 e. The van der Waals surface area contributed by atoms with E-state index in [-0.39, 0.29) is 23.9 Å². The van der Waals surface area contributed by atoms with E-state index in [0.29, 0.717) is 5.56 Å². The number of amides is 1. The number of hydrogen-bond acceptors (Lipinski definition) is 3. The van der Waals surface area contributed by atoms with Crippen molar-refractivity contribution in [3.63, 3.8) is 0 Å². The summed E-state index contributed by atoms with van der Waals surface area (Å²) in [5.74, 6) is -0.685. The predicted octanol–water partition coefficient (Wildman–Crippen LogP) is 1.35. The van der Waals surface area contributed by atoms with Gasteiger partial charge < -0.3 is 5.32 Å². The van der Waals surface area contributed by atoms with Crippen molar-refractivity contribution in [2.24, 2.45) is 0 Å². The van der Waals surface area contributed by atoms with Gasteiger partial charge in [0.05, 0.1) is 6.04 Å². The van der Waals surface area contributed by atoms with Crippen LogP contribution >= 0.6 is 0 Å². The second-order valence-corrected chi connectivity index (χ2v) is 3.91. The maximum absolute atomic E-state index is 11.8. The number of benzene rings is 1. The first-order valence-electron chi connectivity index (χ1n) is 5.36. The molecule has 17 heavy (non-hydrogen) atoms. The van der Waals surface area contributed by atoms with Gasteiger partial charge in [-0.2, -0.15) is 0 Å². The molecule has 0 aliphatic heterocycles. The molecule has 1 unspecified atom stereocenters. The van der Waals surface area contributed by atoms with Gasteiger partial charge in [0.15, 0.2) is 5.78 Å². The summed E-state index contributed by atoms with van der Waals surface area (Å²) >= 11 is 0. The molecule has 1 N–H and O–H groups in total. The number of carbonyl (C=O) groups excluding carboxylic acids is 3. The molecule has 0 bridgehead atoms. The van der Waals surface area contributed by atoms with Gasteiger partial charge in [0, 0.05) is 12.0 Å². The molecule has 1 aromatic rings. The lowest BCUT2D eigenvalue weighted by atomic mass is 10.1. The van der Waals surface area contributed by atoms with Crippen LogP contribution in [0.4, 0.5) is 0 Å². The van der Waals surface area contributed by atoms with Crippen molar-refractivity contribution in [3.05, 3.63) is 35.9 Å². The Balaban J connectivity index is 2.71. The molecule has 0 aromatic heterocycles. The van der Waals surface area contributed by atoms with Crippen LogP contribution in [0, 0.1) is 0 Å². The zero-order valence-corrected chi connectivity index (χ0v) is 9.90. The molecule has 0 heterocycles. The van der Waals surface area contributed by atoms with Gasteiger partial charge in [-0.05, 0) is 26.0 Å². The van der Waals surface area contributed by atoms with Crippen LogP contribution in [-0.2, 0) is 9.59 Å². The Morgan fingerprint density at radius 3 is 2.18 bits per heavy atom. The summed E-state index contributed by atoms with van der Waals surface area (Å²) in [6.45, 7) is 2.75. The Labute approximate surface area is 100 Å². The summed E-state index contributed by atoms with van der Waals surface area (Å²) in [7, 11) is 0. The molecule has 0 aliphatic rings. The lowest BCUT2D eigenvalue weighted by molar-refractivity contribution is -0.123. The lowest BCUT2D eigenvalue weighted by Gasteiger charge is -2.14. The summed E-state index contributed by atoms with van der Waals surface area (Å²) in [5, 5.41) is 2.55. The third-order valence-corrected chi connectivity index (χ3v) is 2.32. The first kappa shape index (κ1) is 13.1. The van der Waals surface area contributed by atoms with E-state index in [1.54, 1.807) is 30.3 Å². The fourth-order valence-corrected chi connectivity index (χ4v) is 1.41. The van der Waals surface area contributed by atoms with E-state index >= 15 is 0 Å². The first-order chi connectivity index (χ1) is 8.00. The van der Waals surface area contributed by atoms with E-state index in [1.165, 1.54) is 13.8 Å². The molecule has 0 radical (unpaired) electrons. The summed E-state index contributed by atoms with van der Waals surface area (Å²) in [6.07, 6.45) is 0.0356. The molecule has 0 spiro atoms. The number of rotatable bonds is 5. The molecule has 4 heteroatoms. The zero-order valence-electron chi connectivity index (χ0n) is 9.90. The SMILES string of the molecule is CC(=O)CC(NC(=O)c1ccccc1)C(C)=O. The van der Waals surface area contributed by atoms with Gasteiger partial charge in [0.2, 0.25) is 0 Å². The molecule has 0 saturated carbocycles. The first-order valence-corrected chi connectivity index (χ1v) is 5.36. The predicted molar refractivity (Wildman–Crippen MR) is 63.7 cm³/mol. The Morgan fingerprint density at radius 2 is 1.71 bits per heavy atom. The van der Waals surface area contributed by atoms with Gasteiger partial charge in [-0.25, -0.2) is 0 Å². The van der Waals surface area contributed by atoms with Crippen molar-refractivity contribution in [3.8, 4) is 0 Å². The van der Waals surface area contributed by atoms with Crippen LogP contribution in [0.15, 0.2) is 30.3 Å². The van der Waals surface area contributed by atoms with Crippen molar-refractivity contribution in [1.29, 1.82) is 0 Å². The topological polar surface area (TPSA) is 63.2 Å². The van der Waals surface area contributed by atoms with Crippen molar-refractivity contribution in [2.75, 3.05) is 0 Å². The summed E-state index contributed by atoms with van der Waals surface area (Å²) in [5.41, 5.74) is 0.474. The van der Waals surface area contributed by atoms with Crippen molar-refractivity contribution in [1.82, 2.24) is 5.32 Å². The molecule has 0 saturated heterocycles. The van der Waals surface area contributed by atoms with Gasteiger partial charge in [-0.15, -0.1) is 0 Å². The van der Waals surface area contributed by atoms with Crippen LogP contribution in [0.1, 0.15) is 30.6 Å². The molecular formula is C13H15NO3. The van der Waals surface area contributed by atoms with Gasteiger partial charge in [0.25, 0.3) is 5.91 Å². The monoisotopic (exact) mass is 233 g/mol. The maximum atomic E-state index is 11.8. The smallest absolute Gasteiger partial charge is 0.251 e. The van der Waals surface area contributed by atoms with E-state index in [2.05, 4.69) is 5.32 Å². The van der Waals surface area contributed by atoms with Crippen LogP contribution in [0.2, 0.25) is 0 Å². The standard InChI is InChI=1S/C13H15NO3/c1-9(15)8-12(10(2)16)14-13(17)11-6-4-3-5-7-11/h3-7,12H,8H2,1-2H3,(H,14,17). The summed E-state index contributed by atoms with van der Waals surface area (Å²) in [4.78, 5) is 34.0. The van der Waals surface area contributed by atoms with Gasteiger partial charge in [-0.1, -0.05) is 18.2 Å². The van der Waals surface area contributed by atoms with Crippen molar-refractivity contribution >= 4 is 17.5 Å². The molecule has 1 amide bonds. The number of carbonyl (C=O) groups is 3. The molecule has 1 aromatic carbocycles. The van der Waals surface area contributed by atoms with Crippen molar-refractivity contribution in [2.45, 2.75) is 26.3 Å². The summed E-state index contributed by atoms with van der Waals surface area (Å²) < 4.78 is 0. The Kier molecular flexibility index (Phi) is 4.57. The molecule has 4 nitrogen and oxygen atoms in total. The van der Waals surface area contributed by atoms with Crippen LogP contribution in [0.3, 0.4) is 0 Å². The quantitative estimate of drug-likeness (QED) is 0.835. The maximum Gasteiger partial charge on any atom is 0.251 e. The Morgan fingerprint density at radius 1 is 1.12 bits per heavy atom. The lowest BCUT2D eigenvalue weighted by Crippen LogP contribution is -2.40. The number of nitrogens with one attached hydrogen (secondary N) is 1. The molecule has 0 fully saturated rings. The van der Waals surface area contributed by atoms with E-state index in [1.807, 2.05) is 0 Å². The van der Waals surface area contributed by atoms with E-state index < -0.39 is 6.04 Å². The van der Waals surface area contributed by atoms with Crippen LogP contribution in [0.25, 0.3) is 0 Å². The van der Waals surface area contributed by atoms with E-state index in [0.717, 1.165) is 0 Å². The fraction of sp³-hybridized carbons (Fsp3) is 0.308. The third kappa shape index (κ3) is 4.18. The Bertz CT molecular complexity index is 426. The third-order valence-electron chi connectivity index (χ3n) is 2.32. The van der Waals surface area contributed by atoms with Crippen molar-refractivity contribution < 1.29 is 14.4 Å². The molecule has 1 atom stereocenters. The highest BCUT2D eigenvalue weighted by atomic mass is 16.2. The largest absolute Gasteiger partial charge is 0.342 e. The van der Waals surface area contributed by atoms with Gasteiger partial charge >= 0.3 is 0 Å². The second kappa shape index (κ2) is 5.94. The number of Topliss-reactive ketones (excluding diaryl/α,β-unsaturated/α-hetero) is 2. The van der Waals surface area contributed by atoms with E-state index in [9.17, 15) is 14.4 Å². The number of ketones is 2. The molecular weight excluding hydrogens is 218 g/mol. The Hall–Kier alpha value is -1.97. The number of hydrogen-bond donors (Lipinski definition) is 1. The average molecular weight is 233 g/mol. The molecule has 90 valence electrons. The van der Waals surface area contributed by atoms with E-state index in [4.69, 9.17) is 0 Å². The highest BCUT2D eigenvalue weighted by Crippen LogP contribution is 2.01. The minimum absolute atomic E-state index is 0.0356. The highest BCUT2D eigenvalue weighted by Gasteiger charge is 2.19. The molecule has 1 rings (SSSR count). The minimum atomic E-state index is -0.736. The van der Waals surface area contributed by atoms with Crippen LogP contribution in [-0.4, -0.2) is 23.5 Å². The van der Waals surface area contributed by atoms with Gasteiger partial charge in [-0.3, -0.25) is 14.4 Å². The normalized spacial score (nSPS) is 11.6. The fourth-order valence-electron chi connectivity index (χ4n) is 1.41. The average Bonchev–Trinajstić information content (AvgIpc) is 2.28. The highest BCUT2D eigenvalue weighted by molar-refractivity contribution is 5.98. The van der Waals surface area contributed by atoms with Crippen LogP contribution in [0.5, 0.6) is 0 Å². The second-order valence-electron chi connectivity index (χ2n) is 3.91. The molecule has 0 aliphatic carbocycles. The summed E-state index contributed by atoms with van der Waals surface area (Å²) in [6, 6.07) is 7.85. The zero-order chi connectivity index (χ0) is 12.8. The van der Waals surface area contributed by atoms with Gasteiger partial charge in [0.1, 0.15) is 5.78 Å². The van der Waals surface area contributed by atoms with Crippen LogP contribution < -0.4 is 5.32 Å².